The molecule has 2 rings (SSSR count). The number of nitrogens with zero attached hydrogens (tertiary/aromatic N) is 1. The fraction of sp³-hybridized carbons (Fsp3) is 0.929. The zero-order chi connectivity index (χ0) is 15.0. The molecule has 0 aromatic carbocycles. The van der Waals surface area contributed by atoms with Crippen LogP contribution in [0, 0.1) is 5.92 Å². The zero-order valence-electron chi connectivity index (χ0n) is 12.6. The molecule has 1 heterocycles. The maximum Gasteiger partial charge on any atom is 0.237 e. The zero-order valence-corrected chi connectivity index (χ0v) is 13.4. The van der Waals surface area contributed by atoms with Crippen molar-refractivity contribution >= 4 is 15.7 Å². The molecule has 1 aliphatic heterocycles. The number of carbonyl (C=O) groups excluding carboxylic acids is 1. The summed E-state index contributed by atoms with van der Waals surface area (Å²) in [5, 5.41) is 0. The smallest absolute Gasteiger partial charge is 0.237 e. The van der Waals surface area contributed by atoms with E-state index in [1.165, 1.54) is 6.42 Å². The van der Waals surface area contributed by atoms with E-state index in [2.05, 4.69) is 0 Å². The molecule has 0 aromatic heterocycles. The van der Waals surface area contributed by atoms with Gasteiger partial charge in [-0.2, -0.15) is 0 Å². The Kier molecular flexibility index (Phi) is 4.44. The first-order chi connectivity index (χ1) is 9.21. The minimum atomic E-state index is -3.41. The van der Waals surface area contributed by atoms with Crippen molar-refractivity contribution in [1.29, 1.82) is 0 Å². The van der Waals surface area contributed by atoms with Crippen LogP contribution in [-0.4, -0.2) is 55.5 Å². The van der Waals surface area contributed by atoms with Gasteiger partial charge in [-0.05, 0) is 39.5 Å². The fourth-order valence-corrected chi connectivity index (χ4v) is 3.41. The topological polar surface area (TPSA) is 63.7 Å². The van der Waals surface area contributed by atoms with Crippen molar-refractivity contribution in [3.05, 3.63) is 0 Å². The van der Waals surface area contributed by atoms with Crippen LogP contribution in [0.25, 0.3) is 0 Å². The highest BCUT2D eigenvalue weighted by molar-refractivity contribution is 7.93. The van der Waals surface area contributed by atoms with Crippen molar-refractivity contribution in [2.45, 2.75) is 50.9 Å². The van der Waals surface area contributed by atoms with Gasteiger partial charge >= 0.3 is 0 Å². The molecule has 1 saturated heterocycles. The summed E-state index contributed by atoms with van der Waals surface area (Å²) < 4.78 is 29.0. The molecule has 0 radical (unpaired) electrons. The van der Waals surface area contributed by atoms with E-state index < -0.39 is 20.3 Å². The lowest BCUT2D eigenvalue weighted by atomic mass is 9.80. The van der Waals surface area contributed by atoms with Gasteiger partial charge in [0.05, 0.1) is 17.5 Å². The van der Waals surface area contributed by atoms with Crippen LogP contribution >= 0.6 is 0 Å². The number of morpholine rings is 1. The first kappa shape index (κ1) is 15.8. The number of sulfone groups is 1. The molecule has 1 saturated carbocycles. The summed E-state index contributed by atoms with van der Waals surface area (Å²) in [6, 6.07) is 0. The average Bonchev–Trinajstić information content (AvgIpc) is 2.25. The van der Waals surface area contributed by atoms with Gasteiger partial charge in [0.15, 0.2) is 9.84 Å². The quantitative estimate of drug-likeness (QED) is 0.786. The molecular formula is C14H25NO4S. The molecule has 2 aliphatic rings. The highest BCUT2D eigenvalue weighted by atomic mass is 32.2. The summed E-state index contributed by atoms with van der Waals surface area (Å²) in [6.45, 7) is 6.46. The maximum absolute atomic E-state index is 12.2. The second-order valence-corrected chi connectivity index (χ2v) is 9.55. The van der Waals surface area contributed by atoms with Crippen molar-refractivity contribution in [2.24, 2.45) is 5.92 Å². The van der Waals surface area contributed by atoms with Gasteiger partial charge in [-0.3, -0.25) is 4.79 Å². The van der Waals surface area contributed by atoms with Crippen LogP contribution in [-0.2, 0) is 19.4 Å². The third kappa shape index (κ3) is 3.34. The number of amides is 1. The third-order valence-electron chi connectivity index (χ3n) is 4.37. The molecule has 2 fully saturated rings. The second kappa shape index (κ2) is 5.64. The Hall–Kier alpha value is -0.620. The van der Waals surface area contributed by atoms with E-state index in [9.17, 15) is 13.2 Å². The molecule has 0 spiro atoms. The molecule has 0 aromatic rings. The van der Waals surface area contributed by atoms with Gasteiger partial charge < -0.3 is 9.64 Å². The van der Waals surface area contributed by atoms with Crippen LogP contribution in [0.5, 0.6) is 0 Å². The van der Waals surface area contributed by atoms with Crippen molar-refractivity contribution < 1.29 is 17.9 Å². The highest BCUT2D eigenvalue weighted by Gasteiger charge is 2.36. The van der Waals surface area contributed by atoms with Gasteiger partial charge in [0, 0.05) is 13.1 Å². The minimum absolute atomic E-state index is 0.0961. The summed E-state index contributed by atoms with van der Waals surface area (Å²) in [5.74, 6) is -0.133. The van der Waals surface area contributed by atoms with E-state index in [0.29, 0.717) is 25.6 Å². The van der Waals surface area contributed by atoms with Crippen LogP contribution in [0.15, 0.2) is 0 Å². The molecule has 1 amide bonds. The van der Waals surface area contributed by atoms with Gasteiger partial charge in [0.1, 0.15) is 5.75 Å². The predicted octanol–water partition coefficient (Wildman–Crippen LogP) is 1.23. The monoisotopic (exact) mass is 303 g/mol. The normalized spacial score (nSPS) is 25.4. The fourth-order valence-electron chi connectivity index (χ4n) is 2.47. The number of carbonyl (C=O) groups is 1. The van der Waals surface area contributed by atoms with Gasteiger partial charge in [0.25, 0.3) is 0 Å². The Labute approximate surface area is 121 Å². The summed E-state index contributed by atoms with van der Waals surface area (Å²) in [7, 11) is -3.41. The molecule has 1 unspecified atom stereocenters. The van der Waals surface area contributed by atoms with E-state index in [1.54, 1.807) is 25.7 Å². The van der Waals surface area contributed by atoms with Gasteiger partial charge in [-0.1, -0.05) is 6.42 Å². The van der Waals surface area contributed by atoms with Crippen LogP contribution in [0.4, 0.5) is 0 Å². The number of hydrogen-bond donors (Lipinski definition) is 0. The van der Waals surface area contributed by atoms with Crippen molar-refractivity contribution in [1.82, 2.24) is 4.90 Å². The Morgan fingerprint density at radius 2 is 1.95 bits per heavy atom. The lowest BCUT2D eigenvalue weighted by Gasteiger charge is -2.40. The average molecular weight is 303 g/mol. The minimum Gasteiger partial charge on any atom is -0.374 e. The summed E-state index contributed by atoms with van der Waals surface area (Å²) >= 11 is 0. The lowest BCUT2D eigenvalue weighted by Crippen LogP contribution is -2.51. The van der Waals surface area contributed by atoms with E-state index in [1.807, 2.05) is 0 Å². The second-order valence-electron chi connectivity index (χ2n) is 6.81. The first-order valence-corrected chi connectivity index (χ1v) is 8.97. The molecule has 0 N–H and O–H groups in total. The molecule has 20 heavy (non-hydrogen) atoms. The predicted molar refractivity (Wildman–Crippen MR) is 77.2 cm³/mol. The Morgan fingerprint density at radius 3 is 2.45 bits per heavy atom. The van der Waals surface area contributed by atoms with Crippen LogP contribution < -0.4 is 0 Å². The molecule has 0 bridgehead atoms. The summed E-state index contributed by atoms with van der Waals surface area (Å²) in [4.78, 5) is 13.9. The lowest BCUT2D eigenvalue weighted by molar-refractivity contribution is -0.140. The van der Waals surface area contributed by atoms with Gasteiger partial charge in [-0.15, -0.1) is 0 Å². The number of hydrogen-bond acceptors (Lipinski definition) is 4. The van der Waals surface area contributed by atoms with Crippen LogP contribution in [0.2, 0.25) is 0 Å². The van der Waals surface area contributed by atoms with E-state index in [-0.39, 0.29) is 12.0 Å². The molecular weight excluding hydrogens is 278 g/mol. The van der Waals surface area contributed by atoms with E-state index in [4.69, 9.17) is 4.74 Å². The summed E-state index contributed by atoms with van der Waals surface area (Å²) in [6.07, 6.45) is 3.65. The third-order valence-corrected chi connectivity index (χ3v) is 6.86. The van der Waals surface area contributed by atoms with Crippen LogP contribution in [0.1, 0.15) is 40.0 Å². The van der Waals surface area contributed by atoms with Crippen molar-refractivity contribution in [3.63, 3.8) is 0 Å². The van der Waals surface area contributed by atoms with E-state index in [0.717, 1.165) is 12.8 Å². The number of rotatable bonds is 3. The van der Waals surface area contributed by atoms with Crippen LogP contribution in [0.3, 0.4) is 0 Å². The molecule has 1 atom stereocenters. The Balaban J connectivity index is 1.95. The molecule has 1 aliphatic carbocycles. The van der Waals surface area contributed by atoms with Crippen molar-refractivity contribution in [3.8, 4) is 0 Å². The first-order valence-electron chi connectivity index (χ1n) is 7.32. The molecule has 6 heteroatoms. The van der Waals surface area contributed by atoms with Gasteiger partial charge in [-0.25, -0.2) is 8.42 Å². The number of ether oxygens (including phenoxy) is 1. The molecule has 116 valence electrons. The van der Waals surface area contributed by atoms with Crippen molar-refractivity contribution in [2.75, 3.05) is 25.4 Å². The van der Waals surface area contributed by atoms with E-state index >= 15 is 0 Å². The summed E-state index contributed by atoms with van der Waals surface area (Å²) in [5.41, 5.74) is 0. The maximum atomic E-state index is 12.2. The standard InChI is InChI=1S/C14H25NO4S/c1-14(2,3)20(17,18)10-13(16)15-7-8-19-12(9-15)11-5-4-6-11/h11-12H,4-10H2,1-3H3. The Morgan fingerprint density at radius 1 is 1.30 bits per heavy atom. The largest absolute Gasteiger partial charge is 0.374 e. The SMILES string of the molecule is CC(C)(C)S(=O)(=O)CC(=O)N1CCOC(C2CCC2)C1. The van der Waals surface area contributed by atoms with Gasteiger partial charge in [0.2, 0.25) is 5.91 Å². The highest BCUT2D eigenvalue weighted by Crippen LogP contribution is 2.32. The molecule has 5 nitrogen and oxygen atoms in total. The Bertz CT molecular complexity index is 462.